The van der Waals surface area contributed by atoms with E-state index in [4.69, 9.17) is 9.52 Å². The fourth-order valence-electron chi connectivity index (χ4n) is 1.94. The smallest absolute Gasteiger partial charge is 0.335 e. The highest BCUT2D eigenvalue weighted by molar-refractivity contribution is 5.92. The monoisotopic (exact) mass is 299 g/mol. The summed E-state index contributed by atoms with van der Waals surface area (Å²) in [6, 6.07) is 8.17. The first-order valence-electron chi connectivity index (χ1n) is 6.77. The lowest BCUT2D eigenvalue weighted by Gasteiger charge is -2.14. The van der Waals surface area contributed by atoms with Crippen molar-refractivity contribution in [3.05, 3.63) is 65.1 Å². The summed E-state index contributed by atoms with van der Waals surface area (Å²) in [5.41, 5.74) is 1.96. The van der Waals surface area contributed by atoms with Crippen LogP contribution in [0, 0.1) is 6.92 Å². The summed E-state index contributed by atoms with van der Waals surface area (Å²) in [6.45, 7) is 2.33. The van der Waals surface area contributed by atoms with Crippen LogP contribution in [0.4, 0.5) is 0 Å². The molecule has 0 saturated carbocycles. The Bertz CT molecular complexity index is 698. The van der Waals surface area contributed by atoms with Gasteiger partial charge in [0.2, 0.25) is 5.91 Å². The van der Waals surface area contributed by atoms with Crippen molar-refractivity contribution in [1.82, 2.24) is 4.90 Å². The Morgan fingerprint density at radius 3 is 2.45 bits per heavy atom. The Kier molecular flexibility index (Phi) is 4.78. The molecule has 1 heterocycles. The van der Waals surface area contributed by atoms with E-state index >= 15 is 0 Å². The van der Waals surface area contributed by atoms with Crippen molar-refractivity contribution in [1.29, 1.82) is 0 Å². The van der Waals surface area contributed by atoms with Gasteiger partial charge in [-0.05, 0) is 36.8 Å². The average molecular weight is 299 g/mol. The van der Waals surface area contributed by atoms with Crippen molar-refractivity contribution in [3.8, 4) is 0 Å². The number of hydrogen-bond donors (Lipinski definition) is 1. The van der Waals surface area contributed by atoms with Crippen LogP contribution in [0.5, 0.6) is 0 Å². The summed E-state index contributed by atoms with van der Waals surface area (Å²) in [5, 5.41) is 8.82. The second-order valence-corrected chi connectivity index (χ2v) is 4.96. The van der Waals surface area contributed by atoms with Crippen LogP contribution in [-0.4, -0.2) is 28.9 Å². The molecule has 1 amide bonds. The Labute approximate surface area is 128 Å². The summed E-state index contributed by atoms with van der Waals surface area (Å²) in [5.74, 6) is -0.308. The van der Waals surface area contributed by atoms with Gasteiger partial charge in [0.25, 0.3) is 0 Å². The van der Waals surface area contributed by atoms with Crippen molar-refractivity contribution >= 4 is 18.0 Å². The average Bonchev–Trinajstić information content (AvgIpc) is 2.90. The van der Waals surface area contributed by atoms with Crippen LogP contribution in [0.1, 0.15) is 27.2 Å². The standard InChI is InChI=1S/C17H17NO4/c1-12-15(9-10-22-12)11-18(2)16(19)8-5-13-3-6-14(7-4-13)17(20)21/h3-10H,11H2,1-2H3,(H,20,21)/b8-5+. The molecule has 5 nitrogen and oxygen atoms in total. The molecule has 22 heavy (non-hydrogen) atoms. The number of carbonyl (C=O) groups excluding carboxylic acids is 1. The van der Waals surface area contributed by atoms with Gasteiger partial charge >= 0.3 is 5.97 Å². The molecule has 114 valence electrons. The highest BCUT2D eigenvalue weighted by Crippen LogP contribution is 2.12. The van der Waals surface area contributed by atoms with Gasteiger partial charge in [-0.1, -0.05) is 12.1 Å². The Balaban J connectivity index is 1.98. The normalized spacial score (nSPS) is 10.8. The van der Waals surface area contributed by atoms with E-state index in [9.17, 15) is 9.59 Å². The number of aromatic carboxylic acids is 1. The molecule has 0 aliphatic carbocycles. The zero-order valence-corrected chi connectivity index (χ0v) is 12.4. The quantitative estimate of drug-likeness (QED) is 0.862. The Morgan fingerprint density at radius 2 is 1.91 bits per heavy atom. The fraction of sp³-hybridized carbons (Fsp3) is 0.176. The number of furan rings is 1. The van der Waals surface area contributed by atoms with Crippen molar-refractivity contribution in [3.63, 3.8) is 0 Å². The highest BCUT2D eigenvalue weighted by Gasteiger charge is 2.09. The van der Waals surface area contributed by atoms with Crippen LogP contribution in [0.25, 0.3) is 6.08 Å². The molecule has 0 atom stereocenters. The van der Waals surface area contributed by atoms with E-state index in [1.807, 2.05) is 13.0 Å². The van der Waals surface area contributed by atoms with Gasteiger partial charge < -0.3 is 14.4 Å². The van der Waals surface area contributed by atoms with Gasteiger partial charge in [-0.2, -0.15) is 0 Å². The Morgan fingerprint density at radius 1 is 1.23 bits per heavy atom. The number of hydrogen-bond acceptors (Lipinski definition) is 3. The van der Waals surface area contributed by atoms with Crippen LogP contribution in [-0.2, 0) is 11.3 Å². The second kappa shape index (κ2) is 6.76. The molecule has 0 saturated heterocycles. The van der Waals surface area contributed by atoms with Crippen LogP contribution >= 0.6 is 0 Å². The van der Waals surface area contributed by atoms with Gasteiger partial charge in [0.15, 0.2) is 0 Å². The number of aryl methyl sites for hydroxylation is 1. The number of likely N-dealkylation sites (N-methyl/N-ethyl adjacent to an activating group) is 1. The van der Waals surface area contributed by atoms with Crippen molar-refractivity contribution in [2.45, 2.75) is 13.5 Å². The number of carboxylic acids is 1. The number of amides is 1. The maximum absolute atomic E-state index is 12.0. The van der Waals surface area contributed by atoms with E-state index in [2.05, 4.69) is 0 Å². The predicted octanol–water partition coefficient (Wildman–Crippen LogP) is 2.96. The molecular formula is C17H17NO4. The highest BCUT2D eigenvalue weighted by atomic mass is 16.4. The molecule has 1 aromatic carbocycles. The first kappa shape index (κ1) is 15.6. The molecule has 1 aromatic heterocycles. The lowest BCUT2D eigenvalue weighted by molar-refractivity contribution is -0.125. The number of rotatable bonds is 5. The molecule has 0 spiro atoms. The number of nitrogens with zero attached hydrogens (tertiary/aromatic N) is 1. The summed E-state index contributed by atoms with van der Waals surface area (Å²) in [7, 11) is 1.71. The lowest BCUT2D eigenvalue weighted by atomic mass is 10.1. The molecular weight excluding hydrogens is 282 g/mol. The van der Waals surface area contributed by atoms with Gasteiger partial charge in [-0.15, -0.1) is 0 Å². The van der Waals surface area contributed by atoms with E-state index in [1.54, 1.807) is 36.4 Å². The van der Waals surface area contributed by atoms with E-state index < -0.39 is 5.97 Å². The van der Waals surface area contributed by atoms with Gasteiger partial charge in [0.05, 0.1) is 11.8 Å². The zero-order valence-electron chi connectivity index (χ0n) is 12.4. The number of carboxylic acid groups (broad SMARTS) is 1. The van der Waals surface area contributed by atoms with Gasteiger partial charge in [0, 0.05) is 25.2 Å². The summed E-state index contributed by atoms with van der Waals surface area (Å²) in [6.07, 6.45) is 4.72. The van der Waals surface area contributed by atoms with Crippen LogP contribution < -0.4 is 0 Å². The molecule has 0 unspecified atom stereocenters. The SMILES string of the molecule is Cc1occc1CN(C)C(=O)/C=C/c1ccc(C(=O)O)cc1. The third kappa shape index (κ3) is 3.85. The third-order valence-electron chi connectivity index (χ3n) is 3.33. The van der Waals surface area contributed by atoms with Crippen molar-refractivity contribution in [2.75, 3.05) is 7.05 Å². The first-order chi connectivity index (χ1) is 10.5. The van der Waals surface area contributed by atoms with Gasteiger partial charge in [-0.3, -0.25) is 4.79 Å². The minimum absolute atomic E-state index is 0.136. The minimum atomic E-state index is -0.971. The topological polar surface area (TPSA) is 70.8 Å². The van der Waals surface area contributed by atoms with Crippen molar-refractivity contribution < 1.29 is 19.1 Å². The predicted molar refractivity (Wildman–Crippen MR) is 82.4 cm³/mol. The minimum Gasteiger partial charge on any atom is -0.478 e. The number of benzene rings is 1. The van der Waals surface area contributed by atoms with Crippen LogP contribution in [0.3, 0.4) is 0 Å². The molecule has 2 aromatic rings. The van der Waals surface area contributed by atoms with E-state index in [0.717, 1.165) is 16.9 Å². The van der Waals surface area contributed by atoms with Gasteiger partial charge in [0.1, 0.15) is 5.76 Å². The molecule has 0 radical (unpaired) electrons. The second-order valence-electron chi connectivity index (χ2n) is 4.96. The van der Waals surface area contributed by atoms with E-state index in [0.29, 0.717) is 6.54 Å². The maximum Gasteiger partial charge on any atom is 0.335 e. The third-order valence-corrected chi connectivity index (χ3v) is 3.33. The van der Waals surface area contributed by atoms with Crippen molar-refractivity contribution in [2.24, 2.45) is 0 Å². The van der Waals surface area contributed by atoms with Crippen LogP contribution in [0.15, 0.2) is 47.1 Å². The summed E-state index contributed by atoms with van der Waals surface area (Å²) < 4.78 is 5.20. The van der Waals surface area contributed by atoms with E-state index in [-0.39, 0.29) is 11.5 Å². The molecule has 2 rings (SSSR count). The lowest BCUT2D eigenvalue weighted by Crippen LogP contribution is -2.24. The molecule has 0 aliphatic rings. The van der Waals surface area contributed by atoms with Crippen LogP contribution in [0.2, 0.25) is 0 Å². The fourth-order valence-corrected chi connectivity index (χ4v) is 1.94. The van der Waals surface area contributed by atoms with Gasteiger partial charge in [-0.25, -0.2) is 4.79 Å². The molecule has 0 aliphatic heterocycles. The summed E-state index contributed by atoms with van der Waals surface area (Å²) >= 11 is 0. The molecule has 0 fully saturated rings. The molecule has 5 heteroatoms. The molecule has 1 N–H and O–H groups in total. The van der Waals surface area contributed by atoms with E-state index in [1.165, 1.54) is 18.2 Å². The summed E-state index contributed by atoms with van der Waals surface area (Å²) in [4.78, 5) is 24.4. The number of carbonyl (C=O) groups is 2. The first-order valence-corrected chi connectivity index (χ1v) is 6.77. The largest absolute Gasteiger partial charge is 0.478 e. The maximum atomic E-state index is 12.0. The Hall–Kier alpha value is -2.82. The zero-order chi connectivity index (χ0) is 16.1. The molecule has 0 bridgehead atoms.